The van der Waals surface area contributed by atoms with Gasteiger partial charge in [-0.3, -0.25) is 0 Å². The van der Waals surface area contributed by atoms with E-state index in [0.717, 1.165) is 37.4 Å². The van der Waals surface area contributed by atoms with Crippen molar-refractivity contribution >= 4 is 0 Å². The second kappa shape index (κ2) is 4.33. The number of oxazole rings is 1. The van der Waals surface area contributed by atoms with Gasteiger partial charge in [-0.15, -0.1) is 0 Å². The lowest BCUT2D eigenvalue weighted by molar-refractivity contribution is 0.238. The predicted octanol–water partition coefficient (Wildman–Crippen LogP) is 1.28. The zero-order valence-electron chi connectivity index (χ0n) is 9.36. The molecule has 1 fully saturated rings. The summed E-state index contributed by atoms with van der Waals surface area (Å²) in [5, 5.41) is 8.95. The average molecular weight is 210 g/mol. The SMILES string of the molecule is Cc1oc(CO)nc1C1CCN(C)CC1. The molecule has 2 heterocycles. The van der Waals surface area contributed by atoms with Crippen LogP contribution in [0, 0.1) is 6.92 Å². The quantitative estimate of drug-likeness (QED) is 0.799. The summed E-state index contributed by atoms with van der Waals surface area (Å²) < 4.78 is 5.37. The fraction of sp³-hybridized carbons (Fsp3) is 0.727. The Balaban J connectivity index is 2.11. The van der Waals surface area contributed by atoms with Crippen LogP contribution in [0.4, 0.5) is 0 Å². The van der Waals surface area contributed by atoms with Gasteiger partial charge in [0.15, 0.2) is 0 Å². The van der Waals surface area contributed by atoms with Crippen LogP contribution in [0.1, 0.15) is 36.1 Å². The molecule has 2 rings (SSSR count). The minimum atomic E-state index is -0.104. The Hall–Kier alpha value is -0.870. The van der Waals surface area contributed by atoms with Crippen LogP contribution in [0.15, 0.2) is 4.42 Å². The third-order valence-corrected chi connectivity index (χ3v) is 3.12. The third kappa shape index (κ3) is 2.21. The van der Waals surface area contributed by atoms with Crippen LogP contribution < -0.4 is 0 Å². The monoisotopic (exact) mass is 210 g/mol. The maximum atomic E-state index is 8.95. The number of aromatic nitrogens is 1. The Labute approximate surface area is 89.9 Å². The molecule has 1 aromatic rings. The van der Waals surface area contributed by atoms with Crippen LogP contribution in [0.25, 0.3) is 0 Å². The number of aryl methyl sites for hydroxylation is 1. The summed E-state index contributed by atoms with van der Waals surface area (Å²) in [6.07, 6.45) is 2.27. The van der Waals surface area contributed by atoms with E-state index in [4.69, 9.17) is 9.52 Å². The van der Waals surface area contributed by atoms with Crippen LogP contribution in [0.2, 0.25) is 0 Å². The van der Waals surface area contributed by atoms with Gasteiger partial charge in [-0.25, -0.2) is 4.98 Å². The van der Waals surface area contributed by atoms with E-state index >= 15 is 0 Å². The third-order valence-electron chi connectivity index (χ3n) is 3.12. The van der Waals surface area contributed by atoms with Crippen molar-refractivity contribution in [2.75, 3.05) is 20.1 Å². The zero-order chi connectivity index (χ0) is 10.8. The number of rotatable bonds is 2. The van der Waals surface area contributed by atoms with Gasteiger partial charge >= 0.3 is 0 Å². The van der Waals surface area contributed by atoms with Gasteiger partial charge in [0.2, 0.25) is 5.89 Å². The molecule has 1 aliphatic heterocycles. The minimum Gasteiger partial charge on any atom is -0.443 e. The van der Waals surface area contributed by atoms with Gasteiger partial charge < -0.3 is 14.4 Å². The van der Waals surface area contributed by atoms with Crippen molar-refractivity contribution < 1.29 is 9.52 Å². The molecule has 0 aliphatic carbocycles. The van der Waals surface area contributed by atoms with Crippen LogP contribution in [-0.2, 0) is 6.61 Å². The Bertz CT molecular complexity index is 327. The molecule has 1 N–H and O–H groups in total. The normalized spacial score (nSPS) is 19.7. The lowest BCUT2D eigenvalue weighted by Crippen LogP contribution is -2.29. The van der Waals surface area contributed by atoms with Gasteiger partial charge in [-0.2, -0.15) is 0 Å². The summed E-state index contributed by atoms with van der Waals surface area (Å²) in [5.74, 6) is 1.82. The number of likely N-dealkylation sites (tertiary alicyclic amines) is 1. The molecule has 15 heavy (non-hydrogen) atoms. The average Bonchev–Trinajstić information content (AvgIpc) is 2.61. The molecule has 4 nitrogen and oxygen atoms in total. The van der Waals surface area contributed by atoms with Gasteiger partial charge in [0, 0.05) is 5.92 Å². The van der Waals surface area contributed by atoms with Gasteiger partial charge in [-0.1, -0.05) is 0 Å². The number of nitrogens with zero attached hydrogens (tertiary/aromatic N) is 2. The Kier molecular flexibility index (Phi) is 3.07. The molecule has 1 aromatic heterocycles. The second-order valence-electron chi connectivity index (χ2n) is 4.28. The van der Waals surface area contributed by atoms with Gasteiger partial charge in [0.05, 0.1) is 5.69 Å². The Morgan fingerprint density at radius 3 is 2.67 bits per heavy atom. The molecule has 0 unspecified atom stereocenters. The number of aliphatic hydroxyl groups excluding tert-OH is 1. The molecule has 0 amide bonds. The predicted molar refractivity (Wildman–Crippen MR) is 56.6 cm³/mol. The molecule has 0 radical (unpaired) electrons. The molecule has 1 aliphatic rings. The van der Waals surface area contributed by atoms with Crippen molar-refractivity contribution in [3.8, 4) is 0 Å². The Morgan fingerprint density at radius 1 is 1.47 bits per heavy atom. The summed E-state index contributed by atoms with van der Waals surface area (Å²) in [5.41, 5.74) is 1.05. The first-order chi connectivity index (χ1) is 7.20. The lowest BCUT2D eigenvalue weighted by atomic mass is 9.93. The van der Waals surface area contributed by atoms with Crippen molar-refractivity contribution in [2.24, 2.45) is 0 Å². The molecule has 84 valence electrons. The van der Waals surface area contributed by atoms with Crippen molar-refractivity contribution in [2.45, 2.75) is 32.3 Å². The van der Waals surface area contributed by atoms with Crippen LogP contribution >= 0.6 is 0 Å². The Morgan fingerprint density at radius 2 is 2.13 bits per heavy atom. The molecule has 4 heteroatoms. The van der Waals surface area contributed by atoms with E-state index in [1.54, 1.807) is 0 Å². The standard InChI is InChI=1S/C11H18N2O2/c1-8-11(12-10(7-14)15-8)9-3-5-13(2)6-4-9/h9,14H,3-7H2,1-2H3. The zero-order valence-corrected chi connectivity index (χ0v) is 9.36. The molecular formula is C11H18N2O2. The molecule has 0 atom stereocenters. The maximum absolute atomic E-state index is 8.95. The van der Waals surface area contributed by atoms with E-state index in [0.29, 0.717) is 11.8 Å². The molecule has 0 bridgehead atoms. The molecule has 1 saturated heterocycles. The number of aliphatic hydroxyl groups is 1. The number of hydrogen-bond acceptors (Lipinski definition) is 4. The molecule has 0 saturated carbocycles. The fourth-order valence-electron chi connectivity index (χ4n) is 2.19. The second-order valence-corrected chi connectivity index (χ2v) is 4.28. The summed E-state index contributed by atoms with van der Waals surface area (Å²) in [4.78, 5) is 6.67. The maximum Gasteiger partial charge on any atom is 0.220 e. The van der Waals surface area contributed by atoms with Crippen molar-refractivity contribution in [1.29, 1.82) is 0 Å². The summed E-state index contributed by atoms with van der Waals surface area (Å²) in [6, 6.07) is 0. The van der Waals surface area contributed by atoms with E-state index in [1.165, 1.54) is 0 Å². The highest BCUT2D eigenvalue weighted by molar-refractivity contribution is 5.14. The molecular weight excluding hydrogens is 192 g/mol. The van der Waals surface area contributed by atoms with E-state index in [-0.39, 0.29) is 6.61 Å². The fourth-order valence-corrected chi connectivity index (χ4v) is 2.19. The highest BCUT2D eigenvalue weighted by Crippen LogP contribution is 2.29. The number of piperidine rings is 1. The first-order valence-electron chi connectivity index (χ1n) is 5.46. The lowest BCUT2D eigenvalue weighted by Gasteiger charge is -2.27. The van der Waals surface area contributed by atoms with Crippen molar-refractivity contribution in [3.05, 3.63) is 17.3 Å². The smallest absolute Gasteiger partial charge is 0.220 e. The topological polar surface area (TPSA) is 49.5 Å². The highest BCUT2D eigenvalue weighted by Gasteiger charge is 2.23. The van der Waals surface area contributed by atoms with Crippen LogP contribution in [0.5, 0.6) is 0 Å². The first kappa shape index (κ1) is 10.6. The molecule has 0 aromatic carbocycles. The summed E-state index contributed by atoms with van der Waals surface area (Å²) >= 11 is 0. The summed E-state index contributed by atoms with van der Waals surface area (Å²) in [6.45, 7) is 4.06. The number of hydrogen-bond donors (Lipinski definition) is 1. The van der Waals surface area contributed by atoms with E-state index in [1.807, 2.05) is 6.92 Å². The van der Waals surface area contributed by atoms with E-state index in [9.17, 15) is 0 Å². The van der Waals surface area contributed by atoms with Gasteiger partial charge in [-0.05, 0) is 39.9 Å². The van der Waals surface area contributed by atoms with Crippen LogP contribution in [0.3, 0.4) is 0 Å². The first-order valence-corrected chi connectivity index (χ1v) is 5.46. The van der Waals surface area contributed by atoms with Crippen molar-refractivity contribution in [1.82, 2.24) is 9.88 Å². The van der Waals surface area contributed by atoms with E-state index in [2.05, 4.69) is 16.9 Å². The van der Waals surface area contributed by atoms with Gasteiger partial charge in [0.1, 0.15) is 12.4 Å². The summed E-state index contributed by atoms with van der Waals surface area (Å²) in [7, 11) is 2.14. The molecule has 0 spiro atoms. The minimum absolute atomic E-state index is 0.104. The van der Waals surface area contributed by atoms with Crippen LogP contribution in [-0.4, -0.2) is 35.1 Å². The van der Waals surface area contributed by atoms with E-state index < -0.39 is 0 Å². The van der Waals surface area contributed by atoms with Gasteiger partial charge in [0.25, 0.3) is 0 Å². The largest absolute Gasteiger partial charge is 0.443 e. The highest BCUT2D eigenvalue weighted by atomic mass is 16.4. The van der Waals surface area contributed by atoms with Crippen molar-refractivity contribution in [3.63, 3.8) is 0 Å².